The van der Waals surface area contributed by atoms with Crippen molar-refractivity contribution in [1.29, 1.82) is 0 Å². The van der Waals surface area contributed by atoms with E-state index in [2.05, 4.69) is 4.74 Å². The molecule has 0 amide bonds. The van der Waals surface area contributed by atoms with E-state index < -0.39 is 46.1 Å². The van der Waals surface area contributed by atoms with Gasteiger partial charge in [0.05, 0.1) is 5.92 Å². The van der Waals surface area contributed by atoms with Gasteiger partial charge in [0.1, 0.15) is 12.2 Å². The number of rotatable bonds is 6. The molecule has 0 aromatic carbocycles. The Balaban J connectivity index is 1.86. The van der Waals surface area contributed by atoms with E-state index in [9.17, 15) is 31.6 Å². The van der Waals surface area contributed by atoms with E-state index in [1.54, 1.807) is 0 Å². The highest BCUT2D eigenvalue weighted by molar-refractivity contribution is 7.87. The van der Waals surface area contributed by atoms with Gasteiger partial charge in [0.25, 0.3) is 0 Å². The van der Waals surface area contributed by atoms with E-state index in [0.717, 1.165) is 12.8 Å². The molecule has 2 aliphatic rings. The van der Waals surface area contributed by atoms with Gasteiger partial charge >= 0.3 is 33.3 Å². The molecule has 1 aliphatic heterocycles. The molecule has 0 spiro atoms. The van der Waals surface area contributed by atoms with Crippen LogP contribution in [0.4, 0.5) is 8.78 Å². The standard InChI is InChI=1S/C13H16F2O9S/c1-6(10-7-3-2-4-8(7)11(17)24-10)23-9(16)5-22-12(18)13(14,15)25(19,20)21/h6-8,10H,2-5H2,1H3,(H,19,20,21). The molecule has 2 fully saturated rings. The molecule has 142 valence electrons. The summed E-state index contributed by atoms with van der Waals surface area (Å²) in [6, 6.07) is 0. The fourth-order valence-corrected chi connectivity index (χ4v) is 3.32. The summed E-state index contributed by atoms with van der Waals surface area (Å²) in [6.45, 7) is 0.147. The Labute approximate surface area is 141 Å². The molecule has 2 rings (SSSR count). The van der Waals surface area contributed by atoms with Gasteiger partial charge in [0, 0.05) is 5.92 Å². The first-order valence-corrected chi connectivity index (χ1v) is 8.81. The molecule has 25 heavy (non-hydrogen) atoms. The number of hydrogen-bond acceptors (Lipinski definition) is 8. The number of cyclic esters (lactones) is 1. The van der Waals surface area contributed by atoms with Gasteiger partial charge in [-0.05, 0) is 19.8 Å². The fraction of sp³-hybridized carbons (Fsp3) is 0.769. The number of fused-ring (bicyclic) bond motifs is 1. The summed E-state index contributed by atoms with van der Waals surface area (Å²) >= 11 is 0. The van der Waals surface area contributed by atoms with Crippen LogP contribution in [0.2, 0.25) is 0 Å². The molecular weight excluding hydrogens is 370 g/mol. The maximum atomic E-state index is 13.0. The van der Waals surface area contributed by atoms with Crippen LogP contribution in [-0.4, -0.2) is 54.9 Å². The molecule has 1 aliphatic carbocycles. The van der Waals surface area contributed by atoms with Crippen molar-refractivity contribution < 1.29 is 50.3 Å². The minimum atomic E-state index is -6.02. The number of ether oxygens (including phenoxy) is 3. The van der Waals surface area contributed by atoms with Gasteiger partial charge in [0.15, 0.2) is 6.61 Å². The molecule has 0 aromatic heterocycles. The van der Waals surface area contributed by atoms with Gasteiger partial charge in [-0.2, -0.15) is 17.2 Å². The number of carbonyl (C=O) groups excluding carboxylic acids is 3. The lowest BCUT2D eigenvalue weighted by Gasteiger charge is -2.23. The molecule has 0 radical (unpaired) electrons. The molecule has 4 unspecified atom stereocenters. The van der Waals surface area contributed by atoms with E-state index in [4.69, 9.17) is 14.0 Å². The molecule has 9 nitrogen and oxygen atoms in total. The van der Waals surface area contributed by atoms with Gasteiger partial charge in [-0.15, -0.1) is 0 Å². The summed E-state index contributed by atoms with van der Waals surface area (Å²) < 4.78 is 68.8. The monoisotopic (exact) mass is 386 g/mol. The first kappa shape index (κ1) is 19.5. The van der Waals surface area contributed by atoms with Crippen LogP contribution in [-0.2, 0) is 38.7 Å². The van der Waals surface area contributed by atoms with Crippen LogP contribution >= 0.6 is 0 Å². The SMILES string of the molecule is CC(OC(=O)COC(=O)C(F)(F)S(=O)(=O)O)C1OC(=O)C2CCCC21. The Kier molecular flexibility index (Phi) is 5.33. The third kappa shape index (κ3) is 3.89. The summed E-state index contributed by atoms with van der Waals surface area (Å²) in [5.41, 5.74) is 0. The normalized spacial score (nSPS) is 27.4. The van der Waals surface area contributed by atoms with Gasteiger partial charge in [-0.25, -0.2) is 9.59 Å². The molecule has 1 saturated carbocycles. The van der Waals surface area contributed by atoms with E-state index >= 15 is 0 Å². The highest BCUT2D eigenvalue weighted by Gasteiger charge is 2.54. The number of hydrogen-bond donors (Lipinski definition) is 1. The number of halogens is 2. The second-order valence-corrected chi connectivity index (χ2v) is 7.33. The predicted octanol–water partition coefficient (Wildman–Crippen LogP) is 0.284. The maximum absolute atomic E-state index is 13.0. The highest BCUT2D eigenvalue weighted by atomic mass is 32.2. The molecule has 4 atom stereocenters. The van der Waals surface area contributed by atoms with Crippen molar-refractivity contribution >= 4 is 28.0 Å². The summed E-state index contributed by atoms with van der Waals surface area (Å²) in [4.78, 5) is 34.2. The molecule has 1 heterocycles. The van der Waals surface area contributed by atoms with Gasteiger partial charge in [-0.3, -0.25) is 9.35 Å². The van der Waals surface area contributed by atoms with Crippen LogP contribution in [0.25, 0.3) is 0 Å². The van der Waals surface area contributed by atoms with Crippen molar-refractivity contribution in [1.82, 2.24) is 0 Å². The average molecular weight is 386 g/mol. The van der Waals surface area contributed by atoms with Crippen molar-refractivity contribution in [3.63, 3.8) is 0 Å². The van der Waals surface area contributed by atoms with Crippen LogP contribution in [0.15, 0.2) is 0 Å². The zero-order valence-electron chi connectivity index (χ0n) is 13.0. The Morgan fingerprint density at radius 3 is 2.64 bits per heavy atom. The number of alkyl halides is 2. The lowest BCUT2D eigenvalue weighted by atomic mass is 9.91. The largest absolute Gasteiger partial charge is 0.465 e. The van der Waals surface area contributed by atoms with E-state index in [-0.39, 0.29) is 17.8 Å². The van der Waals surface area contributed by atoms with Crippen molar-refractivity contribution in [2.24, 2.45) is 11.8 Å². The summed E-state index contributed by atoms with van der Waals surface area (Å²) in [6.07, 6.45) is 0.662. The predicted molar refractivity (Wildman–Crippen MR) is 73.7 cm³/mol. The zero-order valence-corrected chi connectivity index (χ0v) is 13.8. The second kappa shape index (κ2) is 6.83. The molecule has 0 bridgehead atoms. The first-order valence-electron chi connectivity index (χ1n) is 7.37. The third-order valence-corrected chi connectivity index (χ3v) is 5.02. The first-order chi connectivity index (χ1) is 11.4. The van der Waals surface area contributed by atoms with Crippen molar-refractivity contribution in [3.05, 3.63) is 0 Å². The Hall–Kier alpha value is -1.82. The average Bonchev–Trinajstić information content (AvgIpc) is 3.07. The summed E-state index contributed by atoms with van der Waals surface area (Å²) in [5.74, 6) is -4.58. The van der Waals surface area contributed by atoms with Gasteiger partial charge in [0.2, 0.25) is 0 Å². The van der Waals surface area contributed by atoms with E-state index in [1.165, 1.54) is 6.92 Å². The maximum Gasteiger partial charge on any atom is 0.465 e. The highest BCUT2D eigenvalue weighted by Crippen LogP contribution is 2.42. The number of esters is 3. The third-order valence-electron chi connectivity index (χ3n) is 4.21. The van der Waals surface area contributed by atoms with Crippen LogP contribution in [0.1, 0.15) is 26.2 Å². The molecular formula is C13H16F2O9S. The number of carbonyl (C=O) groups is 3. The second-order valence-electron chi connectivity index (χ2n) is 5.87. The summed E-state index contributed by atoms with van der Waals surface area (Å²) in [7, 11) is -6.02. The van der Waals surface area contributed by atoms with Crippen molar-refractivity contribution in [3.8, 4) is 0 Å². The molecule has 1 N–H and O–H groups in total. The fourth-order valence-electron chi connectivity index (χ4n) is 3.05. The Morgan fingerprint density at radius 2 is 2.04 bits per heavy atom. The summed E-state index contributed by atoms with van der Waals surface area (Å²) in [5, 5.41) is -5.20. The Morgan fingerprint density at radius 1 is 1.40 bits per heavy atom. The lowest BCUT2D eigenvalue weighted by Crippen LogP contribution is -2.40. The van der Waals surface area contributed by atoms with Gasteiger partial charge in [-0.1, -0.05) is 6.42 Å². The zero-order chi connectivity index (χ0) is 19.0. The van der Waals surface area contributed by atoms with E-state index in [0.29, 0.717) is 6.42 Å². The van der Waals surface area contributed by atoms with Crippen LogP contribution in [0, 0.1) is 11.8 Å². The van der Waals surface area contributed by atoms with Crippen LogP contribution < -0.4 is 0 Å². The quantitative estimate of drug-likeness (QED) is 0.388. The minimum absolute atomic E-state index is 0.110. The van der Waals surface area contributed by atoms with Crippen molar-refractivity contribution in [2.75, 3.05) is 6.61 Å². The van der Waals surface area contributed by atoms with Gasteiger partial charge < -0.3 is 14.2 Å². The van der Waals surface area contributed by atoms with Crippen LogP contribution in [0.5, 0.6) is 0 Å². The smallest absolute Gasteiger partial charge is 0.458 e. The lowest BCUT2D eigenvalue weighted by molar-refractivity contribution is -0.175. The molecule has 1 saturated heterocycles. The minimum Gasteiger partial charge on any atom is -0.458 e. The molecule has 0 aromatic rings. The molecule has 12 heteroatoms. The topological polar surface area (TPSA) is 133 Å². The Bertz CT molecular complexity index is 675. The van der Waals surface area contributed by atoms with E-state index in [1.807, 2.05) is 0 Å². The van der Waals surface area contributed by atoms with Crippen LogP contribution in [0.3, 0.4) is 0 Å². The van der Waals surface area contributed by atoms with Crippen molar-refractivity contribution in [2.45, 2.75) is 43.6 Å².